The summed E-state index contributed by atoms with van der Waals surface area (Å²) in [5.41, 5.74) is 6.35. The lowest BCUT2D eigenvalue weighted by atomic mass is 10.0. The summed E-state index contributed by atoms with van der Waals surface area (Å²) in [7, 11) is 0. The van der Waals surface area contributed by atoms with Crippen LogP contribution in [0.1, 0.15) is 43.0 Å². The number of nitrogens with zero attached hydrogens (tertiary/aromatic N) is 2. The highest BCUT2D eigenvalue weighted by atomic mass is 32.1. The Morgan fingerprint density at radius 3 is 2.74 bits per heavy atom. The van der Waals surface area contributed by atoms with Gasteiger partial charge in [0.05, 0.1) is 11.0 Å². The van der Waals surface area contributed by atoms with Gasteiger partial charge in [-0.3, -0.25) is 15.0 Å². The first-order chi connectivity index (χ1) is 9.16. The van der Waals surface area contributed by atoms with Crippen LogP contribution in [0.25, 0.3) is 0 Å². The summed E-state index contributed by atoms with van der Waals surface area (Å²) in [6, 6.07) is 4.43. The summed E-state index contributed by atoms with van der Waals surface area (Å²) in [5, 5.41) is 11.1. The van der Waals surface area contributed by atoms with Gasteiger partial charge in [-0.05, 0) is 38.3 Å². The summed E-state index contributed by atoms with van der Waals surface area (Å²) < 4.78 is 0. The molecule has 6 heteroatoms. The second-order valence-corrected chi connectivity index (χ2v) is 6.60. The molecule has 1 saturated carbocycles. The van der Waals surface area contributed by atoms with Crippen LogP contribution in [-0.2, 0) is 0 Å². The molecule has 1 saturated heterocycles. The Bertz CT molecular complexity index is 472. The SMILES string of the molecule is NC1CCCCN(C2CC2)C1c1ccc([N+](=O)[O-])s1. The highest BCUT2D eigenvalue weighted by molar-refractivity contribution is 7.15. The van der Waals surface area contributed by atoms with Crippen molar-refractivity contribution in [2.75, 3.05) is 6.54 Å². The molecule has 1 aliphatic carbocycles. The summed E-state index contributed by atoms with van der Waals surface area (Å²) in [6.07, 6.45) is 5.86. The fraction of sp³-hybridized carbons (Fsp3) is 0.692. The van der Waals surface area contributed by atoms with Crippen molar-refractivity contribution in [2.45, 2.75) is 50.2 Å². The maximum atomic E-state index is 10.8. The maximum absolute atomic E-state index is 10.8. The van der Waals surface area contributed by atoms with Crippen molar-refractivity contribution in [1.29, 1.82) is 0 Å². The van der Waals surface area contributed by atoms with Gasteiger partial charge >= 0.3 is 5.00 Å². The van der Waals surface area contributed by atoms with Crippen LogP contribution in [0.4, 0.5) is 5.00 Å². The second kappa shape index (κ2) is 5.19. The van der Waals surface area contributed by atoms with Gasteiger partial charge in [0.25, 0.3) is 0 Å². The van der Waals surface area contributed by atoms with Gasteiger partial charge in [-0.2, -0.15) is 0 Å². The Morgan fingerprint density at radius 2 is 2.11 bits per heavy atom. The Balaban J connectivity index is 1.89. The van der Waals surface area contributed by atoms with E-state index >= 15 is 0 Å². The van der Waals surface area contributed by atoms with Crippen LogP contribution in [0.3, 0.4) is 0 Å². The quantitative estimate of drug-likeness (QED) is 0.683. The molecule has 2 unspecified atom stereocenters. The lowest BCUT2D eigenvalue weighted by Gasteiger charge is -2.32. The molecule has 0 radical (unpaired) electrons. The first-order valence-corrected chi connectivity index (χ1v) is 7.74. The van der Waals surface area contributed by atoms with E-state index in [2.05, 4.69) is 4.90 Å². The van der Waals surface area contributed by atoms with Gasteiger partial charge in [-0.25, -0.2) is 0 Å². The van der Waals surface area contributed by atoms with Gasteiger partial charge < -0.3 is 5.73 Å². The third kappa shape index (κ3) is 2.66. The highest BCUT2D eigenvalue weighted by Crippen LogP contribution is 2.41. The Morgan fingerprint density at radius 1 is 1.32 bits per heavy atom. The molecule has 0 bridgehead atoms. The monoisotopic (exact) mass is 281 g/mol. The molecule has 0 spiro atoms. The molecule has 2 N–H and O–H groups in total. The lowest BCUT2D eigenvalue weighted by molar-refractivity contribution is -0.380. The summed E-state index contributed by atoms with van der Waals surface area (Å²) in [5.74, 6) is 0. The second-order valence-electron chi connectivity index (χ2n) is 5.51. The minimum absolute atomic E-state index is 0.0985. The van der Waals surface area contributed by atoms with Crippen LogP contribution in [0, 0.1) is 10.1 Å². The first kappa shape index (κ1) is 13.0. The fourth-order valence-corrected chi connectivity index (χ4v) is 4.03. The zero-order valence-corrected chi connectivity index (χ0v) is 11.6. The van der Waals surface area contributed by atoms with E-state index < -0.39 is 0 Å². The van der Waals surface area contributed by atoms with Crippen LogP contribution >= 0.6 is 11.3 Å². The number of nitrogens with two attached hydrogens (primary N) is 1. The predicted octanol–water partition coefficient (Wildman–Crippen LogP) is 2.67. The Kier molecular flexibility index (Phi) is 3.56. The van der Waals surface area contributed by atoms with E-state index in [0.29, 0.717) is 6.04 Å². The van der Waals surface area contributed by atoms with Crippen LogP contribution in [0.15, 0.2) is 12.1 Å². The molecule has 1 aromatic rings. The van der Waals surface area contributed by atoms with Crippen molar-refractivity contribution in [3.63, 3.8) is 0 Å². The smallest absolute Gasteiger partial charge is 0.324 e. The van der Waals surface area contributed by atoms with E-state index in [1.165, 1.54) is 30.6 Å². The lowest BCUT2D eigenvalue weighted by Crippen LogP contribution is -2.40. The van der Waals surface area contributed by atoms with Gasteiger partial charge in [0, 0.05) is 23.0 Å². The number of hydrogen-bond donors (Lipinski definition) is 1. The molecule has 3 rings (SSSR count). The largest absolute Gasteiger partial charge is 0.326 e. The maximum Gasteiger partial charge on any atom is 0.324 e. The normalized spacial score (nSPS) is 29.1. The van der Waals surface area contributed by atoms with Gasteiger partial charge in [-0.1, -0.05) is 17.8 Å². The number of hydrogen-bond acceptors (Lipinski definition) is 5. The van der Waals surface area contributed by atoms with Gasteiger partial charge in [0.15, 0.2) is 0 Å². The molecule has 0 aromatic carbocycles. The van der Waals surface area contributed by atoms with Crippen LogP contribution in [0.5, 0.6) is 0 Å². The molecule has 2 fully saturated rings. The summed E-state index contributed by atoms with van der Waals surface area (Å²) in [6.45, 7) is 1.08. The molecule has 2 aliphatic rings. The van der Waals surface area contributed by atoms with Gasteiger partial charge in [0.2, 0.25) is 0 Å². The highest BCUT2D eigenvalue weighted by Gasteiger charge is 2.39. The molecule has 2 heterocycles. The average Bonchev–Trinajstić information content (AvgIpc) is 3.12. The van der Waals surface area contributed by atoms with Crippen molar-refractivity contribution in [3.05, 3.63) is 27.1 Å². The van der Waals surface area contributed by atoms with Crippen LogP contribution in [0.2, 0.25) is 0 Å². The third-order valence-corrected chi connectivity index (χ3v) is 5.17. The molecular weight excluding hydrogens is 262 g/mol. The molecular formula is C13H19N3O2S. The van der Waals surface area contributed by atoms with E-state index in [-0.39, 0.29) is 22.0 Å². The summed E-state index contributed by atoms with van der Waals surface area (Å²) in [4.78, 5) is 14.1. The minimum atomic E-state index is -0.308. The van der Waals surface area contributed by atoms with Gasteiger partial charge in [-0.15, -0.1) is 0 Å². The Labute approximate surface area is 116 Å². The van der Waals surface area contributed by atoms with Crippen molar-refractivity contribution >= 4 is 16.3 Å². The molecule has 0 amide bonds. The minimum Gasteiger partial charge on any atom is -0.326 e. The zero-order chi connectivity index (χ0) is 13.4. The summed E-state index contributed by atoms with van der Waals surface area (Å²) >= 11 is 1.29. The van der Waals surface area contributed by atoms with Crippen molar-refractivity contribution in [2.24, 2.45) is 5.73 Å². The van der Waals surface area contributed by atoms with Crippen molar-refractivity contribution < 1.29 is 4.92 Å². The predicted molar refractivity (Wildman–Crippen MR) is 75.3 cm³/mol. The van der Waals surface area contributed by atoms with E-state index in [9.17, 15) is 10.1 Å². The van der Waals surface area contributed by atoms with Crippen molar-refractivity contribution in [1.82, 2.24) is 4.90 Å². The third-order valence-electron chi connectivity index (χ3n) is 4.07. The van der Waals surface area contributed by atoms with E-state index in [1.54, 1.807) is 6.07 Å². The standard InChI is InChI=1S/C13H19N3O2S/c14-10-3-1-2-8-15(9-4-5-9)13(10)11-6-7-12(19-11)16(17)18/h6-7,9-10,13H,1-5,8,14H2. The van der Waals surface area contributed by atoms with Crippen LogP contribution in [-0.4, -0.2) is 28.5 Å². The Hall–Kier alpha value is -0.980. The zero-order valence-electron chi connectivity index (χ0n) is 10.8. The molecule has 5 nitrogen and oxygen atoms in total. The number of rotatable bonds is 3. The van der Waals surface area contributed by atoms with E-state index in [0.717, 1.165) is 24.3 Å². The van der Waals surface area contributed by atoms with E-state index in [1.807, 2.05) is 6.07 Å². The number of likely N-dealkylation sites (tertiary alicyclic amines) is 1. The van der Waals surface area contributed by atoms with E-state index in [4.69, 9.17) is 5.73 Å². The van der Waals surface area contributed by atoms with Gasteiger partial charge in [0.1, 0.15) is 0 Å². The average molecular weight is 281 g/mol. The molecule has 104 valence electrons. The molecule has 1 aliphatic heterocycles. The number of thiophene rings is 1. The molecule has 1 aromatic heterocycles. The first-order valence-electron chi connectivity index (χ1n) is 6.92. The van der Waals surface area contributed by atoms with Crippen molar-refractivity contribution in [3.8, 4) is 0 Å². The fourth-order valence-electron chi connectivity index (χ4n) is 3.01. The topological polar surface area (TPSA) is 72.4 Å². The molecule has 19 heavy (non-hydrogen) atoms. The molecule has 2 atom stereocenters. The van der Waals surface area contributed by atoms with Crippen LogP contribution < -0.4 is 5.73 Å². The number of nitro groups is 1.